The summed E-state index contributed by atoms with van der Waals surface area (Å²) in [6.07, 6.45) is 1.38. The smallest absolute Gasteiger partial charge is 0.357 e. The molecule has 0 radical (unpaired) electrons. The molecular formula is C15H20ClN3O4S. The van der Waals surface area contributed by atoms with E-state index in [4.69, 9.17) is 5.73 Å². The number of hydrogen-bond donors (Lipinski definition) is 2. The third-order valence-corrected chi connectivity index (χ3v) is 4.61. The number of aromatic nitrogens is 1. The summed E-state index contributed by atoms with van der Waals surface area (Å²) >= 11 is 0. The van der Waals surface area contributed by atoms with Gasteiger partial charge in [0.2, 0.25) is 10.0 Å². The van der Waals surface area contributed by atoms with E-state index in [0.717, 1.165) is 0 Å². The van der Waals surface area contributed by atoms with E-state index >= 15 is 0 Å². The molecular weight excluding hydrogens is 354 g/mol. The Morgan fingerprint density at radius 1 is 1.29 bits per heavy atom. The Kier molecular flexibility index (Phi) is 6.29. The van der Waals surface area contributed by atoms with E-state index < -0.39 is 21.5 Å². The molecule has 0 saturated heterocycles. The number of carbonyl (C=O) groups is 1. The van der Waals surface area contributed by atoms with Crippen molar-refractivity contribution in [2.24, 2.45) is 5.73 Å². The fourth-order valence-corrected chi connectivity index (χ4v) is 3.47. The Morgan fingerprint density at radius 3 is 2.54 bits per heavy atom. The van der Waals surface area contributed by atoms with Crippen LogP contribution in [0.15, 0.2) is 35.4 Å². The summed E-state index contributed by atoms with van der Waals surface area (Å²) in [6, 6.07) is 6.19. The zero-order chi connectivity index (χ0) is 17.3. The van der Waals surface area contributed by atoms with Crippen LogP contribution in [0.1, 0.15) is 24.3 Å². The van der Waals surface area contributed by atoms with Gasteiger partial charge in [-0.2, -0.15) is 0 Å². The number of carbonyl (C=O) groups excluding carboxylic acids is 1. The third-order valence-electron chi connectivity index (χ3n) is 3.15. The molecule has 0 spiro atoms. The van der Waals surface area contributed by atoms with Crippen LogP contribution in [0.25, 0.3) is 10.8 Å². The number of fused-ring (bicyclic) bond motifs is 1. The average molecular weight is 374 g/mol. The molecule has 132 valence electrons. The lowest BCUT2D eigenvalue weighted by Crippen LogP contribution is -2.45. The van der Waals surface area contributed by atoms with Crippen LogP contribution >= 0.6 is 12.4 Å². The molecule has 2 aromatic rings. The zero-order valence-electron chi connectivity index (χ0n) is 13.6. The molecule has 0 aliphatic carbocycles. The van der Waals surface area contributed by atoms with Gasteiger partial charge in [0.1, 0.15) is 0 Å². The molecule has 0 aliphatic heterocycles. The largest absolute Gasteiger partial charge is 0.464 e. The van der Waals surface area contributed by atoms with Gasteiger partial charge in [0.25, 0.3) is 0 Å². The molecule has 0 fully saturated rings. The highest BCUT2D eigenvalue weighted by atomic mass is 35.5. The third kappa shape index (κ3) is 4.41. The number of halogens is 1. The Hall–Kier alpha value is -1.74. The molecule has 1 heterocycles. The van der Waals surface area contributed by atoms with Gasteiger partial charge in [-0.15, -0.1) is 12.4 Å². The zero-order valence-corrected chi connectivity index (χ0v) is 15.2. The van der Waals surface area contributed by atoms with Gasteiger partial charge in [0, 0.05) is 29.1 Å². The van der Waals surface area contributed by atoms with Crippen LogP contribution in [0.4, 0.5) is 0 Å². The van der Waals surface area contributed by atoms with Crippen molar-refractivity contribution in [3.8, 4) is 0 Å². The number of ether oxygens (including phenoxy) is 1. The molecule has 7 nitrogen and oxygen atoms in total. The first-order chi connectivity index (χ1) is 10.7. The van der Waals surface area contributed by atoms with Crippen LogP contribution in [-0.4, -0.2) is 38.6 Å². The van der Waals surface area contributed by atoms with Gasteiger partial charge in [-0.3, -0.25) is 0 Å². The molecule has 1 aromatic heterocycles. The lowest BCUT2D eigenvalue weighted by Gasteiger charge is -2.19. The van der Waals surface area contributed by atoms with E-state index in [1.54, 1.807) is 32.0 Å². The number of nitrogens with two attached hydrogens (primary N) is 1. The number of rotatable bonds is 5. The second-order valence-electron chi connectivity index (χ2n) is 5.82. The normalized spacial score (nSPS) is 11.8. The Bertz CT molecular complexity index is 847. The quantitative estimate of drug-likeness (QED) is 0.767. The predicted octanol–water partition coefficient (Wildman–Crippen LogP) is 1.46. The molecule has 0 saturated carbocycles. The van der Waals surface area contributed by atoms with Gasteiger partial charge in [-0.05, 0) is 26.0 Å². The van der Waals surface area contributed by atoms with Gasteiger partial charge in [0.05, 0.1) is 12.0 Å². The number of esters is 1. The summed E-state index contributed by atoms with van der Waals surface area (Å²) in [7, 11) is -2.53. The van der Waals surface area contributed by atoms with Gasteiger partial charge in [-0.25, -0.2) is 22.9 Å². The second kappa shape index (κ2) is 7.43. The van der Waals surface area contributed by atoms with Crippen LogP contribution < -0.4 is 10.5 Å². The lowest BCUT2D eigenvalue weighted by atomic mass is 10.1. The minimum atomic E-state index is -3.78. The van der Waals surface area contributed by atoms with Crippen molar-refractivity contribution in [1.29, 1.82) is 0 Å². The minimum absolute atomic E-state index is 0. The number of pyridine rings is 1. The molecule has 3 N–H and O–H groups in total. The van der Waals surface area contributed by atoms with Crippen LogP contribution in [0, 0.1) is 0 Å². The Balaban J connectivity index is 0.00000288. The van der Waals surface area contributed by atoms with Crippen molar-refractivity contribution < 1.29 is 17.9 Å². The summed E-state index contributed by atoms with van der Waals surface area (Å²) in [6.45, 7) is 3.52. The van der Waals surface area contributed by atoms with Gasteiger partial charge >= 0.3 is 5.97 Å². The topological polar surface area (TPSA) is 111 Å². The van der Waals surface area contributed by atoms with E-state index in [1.807, 2.05) is 0 Å². The maximum absolute atomic E-state index is 12.5. The minimum Gasteiger partial charge on any atom is -0.464 e. The van der Waals surface area contributed by atoms with Crippen LogP contribution in [-0.2, 0) is 14.8 Å². The van der Waals surface area contributed by atoms with Gasteiger partial charge in [-0.1, -0.05) is 12.1 Å². The molecule has 9 heteroatoms. The molecule has 0 amide bonds. The summed E-state index contributed by atoms with van der Waals surface area (Å²) in [5, 5.41) is 0.805. The van der Waals surface area contributed by atoms with Crippen LogP contribution in [0.2, 0.25) is 0 Å². The van der Waals surface area contributed by atoms with Crippen molar-refractivity contribution in [2.45, 2.75) is 24.3 Å². The standard InChI is InChI=1S/C15H19N3O4S.ClH/c1-15(2,16)9-18-23(20,21)12-6-4-5-11-10(12)7-8-17-13(11)14(19)22-3;/h4-8,18H,9,16H2,1-3H3;1H. The fourth-order valence-electron chi connectivity index (χ4n) is 2.03. The van der Waals surface area contributed by atoms with Crippen LogP contribution in [0.5, 0.6) is 0 Å². The monoisotopic (exact) mass is 373 g/mol. The van der Waals surface area contributed by atoms with Crippen LogP contribution in [0.3, 0.4) is 0 Å². The van der Waals surface area contributed by atoms with E-state index in [2.05, 4.69) is 14.4 Å². The first-order valence-electron chi connectivity index (χ1n) is 6.90. The highest BCUT2D eigenvalue weighted by molar-refractivity contribution is 7.89. The molecule has 0 aliphatic rings. The van der Waals surface area contributed by atoms with Crippen molar-refractivity contribution in [1.82, 2.24) is 9.71 Å². The highest BCUT2D eigenvalue weighted by Crippen LogP contribution is 2.25. The average Bonchev–Trinajstić information content (AvgIpc) is 2.50. The first kappa shape index (κ1) is 20.3. The van der Waals surface area contributed by atoms with Crippen molar-refractivity contribution in [2.75, 3.05) is 13.7 Å². The Morgan fingerprint density at radius 2 is 1.96 bits per heavy atom. The van der Waals surface area contributed by atoms with Crippen molar-refractivity contribution in [3.63, 3.8) is 0 Å². The van der Waals surface area contributed by atoms with Gasteiger partial charge < -0.3 is 10.5 Å². The molecule has 0 unspecified atom stereocenters. The molecule has 0 bridgehead atoms. The van der Waals surface area contributed by atoms with E-state index in [1.165, 1.54) is 19.4 Å². The maximum atomic E-state index is 12.5. The summed E-state index contributed by atoms with van der Waals surface area (Å²) < 4.78 is 32.2. The van der Waals surface area contributed by atoms with E-state index in [-0.39, 0.29) is 29.5 Å². The highest BCUT2D eigenvalue weighted by Gasteiger charge is 2.22. The van der Waals surface area contributed by atoms with E-state index in [0.29, 0.717) is 10.8 Å². The number of nitrogens with zero attached hydrogens (tertiary/aromatic N) is 1. The first-order valence-corrected chi connectivity index (χ1v) is 8.38. The number of sulfonamides is 1. The summed E-state index contributed by atoms with van der Waals surface area (Å²) in [4.78, 5) is 15.8. The molecule has 1 aromatic carbocycles. The number of hydrogen-bond acceptors (Lipinski definition) is 6. The maximum Gasteiger partial charge on any atom is 0.357 e. The summed E-state index contributed by atoms with van der Waals surface area (Å²) in [5.41, 5.74) is 5.20. The lowest BCUT2D eigenvalue weighted by molar-refractivity contribution is 0.0596. The number of methoxy groups -OCH3 is 1. The SMILES string of the molecule is COC(=O)c1nccc2c(S(=O)(=O)NCC(C)(C)N)cccc12.Cl. The fraction of sp³-hybridized carbons (Fsp3) is 0.333. The van der Waals surface area contributed by atoms with Crippen molar-refractivity contribution in [3.05, 3.63) is 36.2 Å². The number of nitrogens with one attached hydrogen (secondary N) is 1. The van der Waals surface area contributed by atoms with Gasteiger partial charge in [0.15, 0.2) is 5.69 Å². The summed E-state index contributed by atoms with van der Waals surface area (Å²) in [5.74, 6) is -0.624. The van der Waals surface area contributed by atoms with Crippen molar-refractivity contribution >= 4 is 39.2 Å². The molecule has 0 atom stereocenters. The number of benzene rings is 1. The molecule has 2 rings (SSSR count). The Labute approximate surface area is 147 Å². The molecule has 24 heavy (non-hydrogen) atoms. The van der Waals surface area contributed by atoms with E-state index in [9.17, 15) is 13.2 Å². The predicted molar refractivity (Wildman–Crippen MR) is 93.8 cm³/mol. The second-order valence-corrected chi connectivity index (χ2v) is 7.55.